The van der Waals surface area contributed by atoms with Crippen LogP contribution in [0.4, 0.5) is 13.2 Å². The van der Waals surface area contributed by atoms with Crippen molar-refractivity contribution in [1.82, 2.24) is 0 Å². The standard InChI is InChI=1S/C16H19F3O2/c1-11-3-2-8-15(9-11,14(20)21)10-12-4-6-13(7-5-12)16(17,18)19/h4-7,11H,2-3,8-10H2,1H3,(H,20,21). The number of carbonyl (C=O) groups is 1. The summed E-state index contributed by atoms with van der Waals surface area (Å²) in [6, 6.07) is 4.84. The van der Waals surface area contributed by atoms with Gasteiger partial charge >= 0.3 is 12.1 Å². The molecule has 1 saturated carbocycles. The highest BCUT2D eigenvalue weighted by Crippen LogP contribution is 2.42. The molecule has 0 aliphatic heterocycles. The van der Waals surface area contributed by atoms with E-state index in [9.17, 15) is 23.1 Å². The predicted molar refractivity (Wildman–Crippen MR) is 72.8 cm³/mol. The van der Waals surface area contributed by atoms with Crippen molar-refractivity contribution in [2.45, 2.75) is 45.2 Å². The van der Waals surface area contributed by atoms with Crippen molar-refractivity contribution in [2.75, 3.05) is 0 Å². The van der Waals surface area contributed by atoms with Crippen LogP contribution >= 0.6 is 0 Å². The molecule has 1 aliphatic carbocycles. The summed E-state index contributed by atoms with van der Waals surface area (Å²) in [4.78, 5) is 11.7. The summed E-state index contributed by atoms with van der Waals surface area (Å²) < 4.78 is 37.6. The van der Waals surface area contributed by atoms with E-state index in [0.29, 0.717) is 30.7 Å². The molecular weight excluding hydrogens is 281 g/mol. The molecule has 1 aliphatic rings. The van der Waals surface area contributed by atoms with Crippen LogP contribution in [0.1, 0.15) is 43.7 Å². The zero-order valence-electron chi connectivity index (χ0n) is 11.9. The zero-order chi connectivity index (χ0) is 15.7. The Kier molecular flexibility index (Phi) is 4.30. The van der Waals surface area contributed by atoms with Gasteiger partial charge in [0, 0.05) is 0 Å². The van der Waals surface area contributed by atoms with Crippen molar-refractivity contribution < 1.29 is 23.1 Å². The summed E-state index contributed by atoms with van der Waals surface area (Å²) in [7, 11) is 0. The third-order valence-corrected chi connectivity index (χ3v) is 4.37. The fraction of sp³-hybridized carbons (Fsp3) is 0.562. The van der Waals surface area contributed by atoms with E-state index in [-0.39, 0.29) is 0 Å². The van der Waals surface area contributed by atoms with Gasteiger partial charge in [-0.05, 0) is 42.9 Å². The van der Waals surface area contributed by atoms with E-state index < -0.39 is 23.1 Å². The molecule has 0 radical (unpaired) electrons. The molecule has 5 heteroatoms. The summed E-state index contributed by atoms with van der Waals surface area (Å²) in [5.41, 5.74) is -0.885. The molecule has 0 saturated heterocycles. The molecule has 1 aromatic rings. The summed E-state index contributed by atoms with van der Waals surface area (Å²) in [5, 5.41) is 9.57. The Labute approximate surface area is 122 Å². The fourth-order valence-corrected chi connectivity index (χ4v) is 3.29. The van der Waals surface area contributed by atoms with E-state index in [2.05, 4.69) is 0 Å². The molecular formula is C16H19F3O2. The molecule has 0 aromatic heterocycles. The lowest BCUT2D eigenvalue weighted by Crippen LogP contribution is -2.37. The van der Waals surface area contributed by atoms with Crippen LogP contribution in [-0.2, 0) is 17.4 Å². The van der Waals surface area contributed by atoms with Crippen LogP contribution in [-0.4, -0.2) is 11.1 Å². The molecule has 116 valence electrons. The minimum Gasteiger partial charge on any atom is -0.481 e. The lowest BCUT2D eigenvalue weighted by Gasteiger charge is -2.36. The van der Waals surface area contributed by atoms with Gasteiger partial charge in [-0.15, -0.1) is 0 Å². The number of aliphatic carboxylic acids is 1. The molecule has 0 heterocycles. The van der Waals surface area contributed by atoms with Gasteiger partial charge in [-0.2, -0.15) is 13.2 Å². The fourth-order valence-electron chi connectivity index (χ4n) is 3.29. The Morgan fingerprint density at radius 2 is 1.95 bits per heavy atom. The van der Waals surface area contributed by atoms with Crippen LogP contribution in [0.3, 0.4) is 0 Å². The smallest absolute Gasteiger partial charge is 0.416 e. The monoisotopic (exact) mass is 300 g/mol. The Balaban J connectivity index is 2.20. The largest absolute Gasteiger partial charge is 0.481 e. The minimum atomic E-state index is -4.36. The van der Waals surface area contributed by atoms with E-state index in [0.717, 1.165) is 25.0 Å². The molecule has 0 spiro atoms. The molecule has 2 unspecified atom stereocenters. The zero-order valence-corrected chi connectivity index (χ0v) is 11.9. The molecule has 2 rings (SSSR count). The van der Waals surface area contributed by atoms with Gasteiger partial charge in [-0.25, -0.2) is 0 Å². The molecule has 21 heavy (non-hydrogen) atoms. The summed E-state index contributed by atoms with van der Waals surface area (Å²) in [6.45, 7) is 2.03. The second kappa shape index (κ2) is 5.70. The van der Waals surface area contributed by atoms with Crippen LogP contribution in [0.2, 0.25) is 0 Å². The average Bonchev–Trinajstić information content (AvgIpc) is 2.38. The van der Waals surface area contributed by atoms with Crippen molar-refractivity contribution in [3.8, 4) is 0 Å². The van der Waals surface area contributed by atoms with Crippen LogP contribution in [0, 0.1) is 11.3 Å². The van der Waals surface area contributed by atoms with E-state index in [4.69, 9.17) is 0 Å². The topological polar surface area (TPSA) is 37.3 Å². The molecule has 2 nitrogen and oxygen atoms in total. The highest BCUT2D eigenvalue weighted by Gasteiger charge is 2.42. The van der Waals surface area contributed by atoms with Crippen LogP contribution in [0.5, 0.6) is 0 Å². The third kappa shape index (κ3) is 3.57. The molecule has 0 amide bonds. The summed E-state index contributed by atoms with van der Waals surface area (Å²) in [6.07, 6.45) is -1.01. The number of carboxylic acid groups (broad SMARTS) is 1. The second-order valence-electron chi connectivity index (χ2n) is 6.16. The number of rotatable bonds is 3. The maximum Gasteiger partial charge on any atom is 0.416 e. The predicted octanol–water partition coefficient (Wildman–Crippen LogP) is 4.53. The maximum absolute atomic E-state index is 12.5. The first-order valence-electron chi connectivity index (χ1n) is 7.12. The third-order valence-electron chi connectivity index (χ3n) is 4.37. The van der Waals surface area contributed by atoms with Crippen molar-refractivity contribution in [2.24, 2.45) is 11.3 Å². The van der Waals surface area contributed by atoms with Gasteiger partial charge in [0.15, 0.2) is 0 Å². The quantitative estimate of drug-likeness (QED) is 0.890. The first-order valence-corrected chi connectivity index (χ1v) is 7.12. The van der Waals surface area contributed by atoms with E-state index >= 15 is 0 Å². The number of carboxylic acids is 1. The van der Waals surface area contributed by atoms with Crippen molar-refractivity contribution >= 4 is 5.97 Å². The van der Waals surface area contributed by atoms with Crippen LogP contribution in [0.15, 0.2) is 24.3 Å². The van der Waals surface area contributed by atoms with Gasteiger partial charge in [0.1, 0.15) is 0 Å². The van der Waals surface area contributed by atoms with E-state index in [1.54, 1.807) is 0 Å². The van der Waals surface area contributed by atoms with E-state index in [1.807, 2.05) is 6.92 Å². The van der Waals surface area contributed by atoms with Gasteiger partial charge in [0.05, 0.1) is 11.0 Å². The maximum atomic E-state index is 12.5. The number of halogens is 3. The lowest BCUT2D eigenvalue weighted by atomic mass is 9.67. The molecule has 2 atom stereocenters. The molecule has 1 N–H and O–H groups in total. The van der Waals surface area contributed by atoms with Gasteiger partial charge < -0.3 is 5.11 Å². The Morgan fingerprint density at radius 3 is 2.43 bits per heavy atom. The Bertz CT molecular complexity index is 507. The average molecular weight is 300 g/mol. The molecule has 0 bridgehead atoms. The highest BCUT2D eigenvalue weighted by molar-refractivity contribution is 5.75. The Morgan fingerprint density at radius 1 is 1.33 bits per heavy atom. The van der Waals surface area contributed by atoms with Gasteiger partial charge in [-0.3, -0.25) is 4.79 Å². The van der Waals surface area contributed by atoms with Gasteiger partial charge in [0.25, 0.3) is 0 Å². The number of hydrogen-bond donors (Lipinski definition) is 1. The second-order valence-corrected chi connectivity index (χ2v) is 6.16. The first kappa shape index (κ1) is 15.9. The Hall–Kier alpha value is -1.52. The SMILES string of the molecule is CC1CCCC(Cc2ccc(C(F)(F)F)cc2)(C(=O)O)C1. The van der Waals surface area contributed by atoms with Crippen molar-refractivity contribution in [3.05, 3.63) is 35.4 Å². The number of benzene rings is 1. The van der Waals surface area contributed by atoms with Crippen molar-refractivity contribution in [3.63, 3.8) is 0 Å². The molecule has 1 fully saturated rings. The van der Waals surface area contributed by atoms with Crippen LogP contribution < -0.4 is 0 Å². The highest BCUT2D eigenvalue weighted by atomic mass is 19.4. The molecule has 1 aromatic carbocycles. The van der Waals surface area contributed by atoms with Gasteiger partial charge in [-0.1, -0.05) is 31.9 Å². The minimum absolute atomic E-state index is 0.296. The first-order chi connectivity index (χ1) is 9.73. The lowest BCUT2D eigenvalue weighted by molar-refractivity contribution is -0.152. The summed E-state index contributed by atoms with van der Waals surface area (Å²) in [5.74, 6) is -0.502. The van der Waals surface area contributed by atoms with Crippen LogP contribution in [0.25, 0.3) is 0 Å². The van der Waals surface area contributed by atoms with Crippen molar-refractivity contribution in [1.29, 1.82) is 0 Å². The number of alkyl halides is 3. The number of hydrogen-bond acceptors (Lipinski definition) is 1. The normalized spacial score (nSPS) is 26.6. The van der Waals surface area contributed by atoms with E-state index in [1.165, 1.54) is 12.1 Å². The van der Waals surface area contributed by atoms with Gasteiger partial charge in [0.2, 0.25) is 0 Å². The summed E-state index contributed by atoms with van der Waals surface area (Å²) >= 11 is 0.